The van der Waals surface area contributed by atoms with E-state index in [1.165, 1.54) is 32.1 Å². The highest BCUT2D eigenvalue weighted by Gasteiger charge is 2.22. The van der Waals surface area contributed by atoms with Gasteiger partial charge in [-0.25, -0.2) is 4.79 Å². The maximum atomic E-state index is 12.3. The zero-order valence-electron chi connectivity index (χ0n) is 14.0. The molecule has 124 valence electrons. The highest BCUT2D eigenvalue weighted by atomic mass is 16.5. The predicted molar refractivity (Wildman–Crippen MR) is 87.3 cm³/mol. The van der Waals surface area contributed by atoms with Crippen molar-refractivity contribution in [2.45, 2.75) is 71.9 Å². The second-order valence-corrected chi connectivity index (χ2v) is 6.53. The minimum atomic E-state index is -0.353. The molecule has 1 aromatic rings. The molecule has 5 heteroatoms. The van der Waals surface area contributed by atoms with E-state index in [2.05, 4.69) is 4.98 Å². The van der Waals surface area contributed by atoms with Crippen LogP contribution in [-0.2, 0) is 17.9 Å². The fraction of sp³-hybridized carbons (Fsp3) is 0.765. The SMILES string of the molecule is CCOCn1c(CC2CCCCC2)c(C(C)C)c(=O)[nH]c1=O. The van der Waals surface area contributed by atoms with Gasteiger partial charge >= 0.3 is 5.69 Å². The van der Waals surface area contributed by atoms with Crippen LogP contribution in [0.3, 0.4) is 0 Å². The maximum Gasteiger partial charge on any atom is 0.330 e. The Morgan fingerprint density at radius 2 is 1.91 bits per heavy atom. The van der Waals surface area contributed by atoms with Crippen molar-refractivity contribution in [2.24, 2.45) is 5.92 Å². The third-order valence-corrected chi connectivity index (χ3v) is 4.56. The summed E-state index contributed by atoms with van der Waals surface area (Å²) in [5.74, 6) is 0.663. The van der Waals surface area contributed by atoms with Gasteiger partial charge in [0.05, 0.1) is 0 Å². The Balaban J connectivity index is 2.44. The van der Waals surface area contributed by atoms with Gasteiger partial charge in [-0.2, -0.15) is 0 Å². The molecule has 0 aromatic carbocycles. The fourth-order valence-corrected chi connectivity index (χ4v) is 3.43. The monoisotopic (exact) mass is 308 g/mol. The van der Waals surface area contributed by atoms with Crippen LogP contribution in [0.25, 0.3) is 0 Å². The van der Waals surface area contributed by atoms with Crippen molar-refractivity contribution in [3.63, 3.8) is 0 Å². The molecular formula is C17H28N2O3. The largest absolute Gasteiger partial charge is 0.361 e. The second kappa shape index (κ2) is 7.77. The molecule has 0 spiro atoms. The van der Waals surface area contributed by atoms with Crippen LogP contribution in [0.5, 0.6) is 0 Å². The number of nitrogens with one attached hydrogen (secondary N) is 1. The molecule has 1 aromatic heterocycles. The van der Waals surface area contributed by atoms with E-state index in [-0.39, 0.29) is 23.9 Å². The Kier molecular flexibility index (Phi) is 6.00. The maximum absolute atomic E-state index is 12.3. The van der Waals surface area contributed by atoms with Crippen LogP contribution >= 0.6 is 0 Å². The van der Waals surface area contributed by atoms with E-state index in [1.807, 2.05) is 20.8 Å². The summed E-state index contributed by atoms with van der Waals surface area (Å²) in [4.78, 5) is 26.9. The van der Waals surface area contributed by atoms with Crippen LogP contribution in [0.4, 0.5) is 0 Å². The molecule has 1 N–H and O–H groups in total. The first-order chi connectivity index (χ1) is 10.5. The number of hydrogen-bond acceptors (Lipinski definition) is 3. The van der Waals surface area contributed by atoms with Gasteiger partial charge in [0.25, 0.3) is 5.56 Å². The number of aromatic amines is 1. The van der Waals surface area contributed by atoms with E-state index in [0.29, 0.717) is 12.5 Å². The number of rotatable bonds is 6. The first kappa shape index (κ1) is 17.0. The van der Waals surface area contributed by atoms with Gasteiger partial charge in [0, 0.05) is 17.9 Å². The lowest BCUT2D eigenvalue weighted by atomic mass is 9.84. The Labute approximate surface area is 131 Å². The third kappa shape index (κ3) is 3.88. The third-order valence-electron chi connectivity index (χ3n) is 4.56. The molecule has 22 heavy (non-hydrogen) atoms. The van der Waals surface area contributed by atoms with E-state index < -0.39 is 0 Å². The Bertz CT molecular complexity index is 595. The summed E-state index contributed by atoms with van der Waals surface area (Å²) < 4.78 is 7.07. The molecular weight excluding hydrogens is 280 g/mol. The number of ether oxygens (including phenoxy) is 1. The van der Waals surface area contributed by atoms with Crippen molar-refractivity contribution in [1.82, 2.24) is 9.55 Å². The van der Waals surface area contributed by atoms with Crippen molar-refractivity contribution in [2.75, 3.05) is 6.61 Å². The Hall–Kier alpha value is -1.36. The summed E-state index contributed by atoms with van der Waals surface area (Å²) in [6.45, 7) is 6.68. The zero-order chi connectivity index (χ0) is 16.1. The van der Waals surface area contributed by atoms with Gasteiger partial charge in [-0.15, -0.1) is 0 Å². The molecule has 5 nitrogen and oxygen atoms in total. The van der Waals surface area contributed by atoms with Crippen molar-refractivity contribution >= 4 is 0 Å². The molecule has 1 aliphatic rings. The average molecular weight is 308 g/mol. The second-order valence-electron chi connectivity index (χ2n) is 6.53. The van der Waals surface area contributed by atoms with E-state index in [4.69, 9.17) is 4.74 Å². The summed E-state index contributed by atoms with van der Waals surface area (Å²) in [5, 5.41) is 0. The van der Waals surface area contributed by atoms with Gasteiger partial charge in [0.2, 0.25) is 0 Å². The van der Waals surface area contributed by atoms with Gasteiger partial charge in [-0.3, -0.25) is 14.3 Å². The van der Waals surface area contributed by atoms with Gasteiger partial charge in [0.15, 0.2) is 0 Å². The van der Waals surface area contributed by atoms with Crippen molar-refractivity contribution in [3.8, 4) is 0 Å². The molecule has 0 bridgehead atoms. The van der Waals surface area contributed by atoms with Crippen molar-refractivity contribution < 1.29 is 4.74 Å². The van der Waals surface area contributed by atoms with E-state index >= 15 is 0 Å². The summed E-state index contributed by atoms with van der Waals surface area (Å²) >= 11 is 0. The molecule has 1 aliphatic carbocycles. The molecule has 0 radical (unpaired) electrons. The lowest BCUT2D eigenvalue weighted by Gasteiger charge is -2.25. The van der Waals surface area contributed by atoms with E-state index in [1.54, 1.807) is 4.57 Å². The molecule has 2 rings (SSSR count). The first-order valence-corrected chi connectivity index (χ1v) is 8.48. The zero-order valence-corrected chi connectivity index (χ0v) is 14.0. The van der Waals surface area contributed by atoms with Gasteiger partial charge < -0.3 is 4.74 Å². The molecule has 0 amide bonds. The average Bonchev–Trinajstić information content (AvgIpc) is 2.47. The number of hydrogen-bond donors (Lipinski definition) is 1. The van der Waals surface area contributed by atoms with Crippen molar-refractivity contribution in [3.05, 3.63) is 32.1 Å². The quantitative estimate of drug-likeness (QED) is 0.879. The molecule has 0 atom stereocenters. The van der Waals surface area contributed by atoms with Crippen molar-refractivity contribution in [1.29, 1.82) is 0 Å². The molecule has 0 unspecified atom stereocenters. The summed E-state index contributed by atoms with van der Waals surface area (Å²) in [6.07, 6.45) is 6.98. The standard InChI is InChI=1S/C17H28N2O3/c1-4-22-11-19-14(10-13-8-6-5-7-9-13)15(12(2)3)16(20)18-17(19)21/h12-13H,4-11H2,1-3H3,(H,18,20,21). The molecule has 1 heterocycles. The Morgan fingerprint density at radius 3 is 2.50 bits per heavy atom. The van der Waals surface area contributed by atoms with Crippen LogP contribution in [0.2, 0.25) is 0 Å². The molecule has 0 saturated heterocycles. The predicted octanol–water partition coefficient (Wildman–Crippen LogP) is 2.78. The van der Waals surface area contributed by atoms with Crippen LogP contribution in [0, 0.1) is 5.92 Å². The number of aromatic nitrogens is 2. The molecule has 1 fully saturated rings. The topological polar surface area (TPSA) is 64.1 Å². The number of nitrogens with zero attached hydrogens (tertiary/aromatic N) is 1. The van der Waals surface area contributed by atoms with Crippen LogP contribution in [0.15, 0.2) is 9.59 Å². The summed E-state index contributed by atoms with van der Waals surface area (Å²) in [6, 6.07) is 0. The molecule has 0 aliphatic heterocycles. The van der Waals surface area contributed by atoms with Crippen LogP contribution in [0.1, 0.15) is 70.1 Å². The highest BCUT2D eigenvalue weighted by molar-refractivity contribution is 5.22. The minimum absolute atomic E-state index is 0.0933. The van der Waals surface area contributed by atoms with Gasteiger partial charge in [0.1, 0.15) is 6.73 Å². The van der Waals surface area contributed by atoms with Gasteiger partial charge in [-0.1, -0.05) is 46.0 Å². The smallest absolute Gasteiger partial charge is 0.330 e. The van der Waals surface area contributed by atoms with E-state index in [0.717, 1.165) is 17.7 Å². The molecule has 1 saturated carbocycles. The number of H-pyrrole nitrogens is 1. The Morgan fingerprint density at radius 1 is 1.23 bits per heavy atom. The normalized spacial score (nSPS) is 16.4. The lowest BCUT2D eigenvalue weighted by Crippen LogP contribution is -2.37. The van der Waals surface area contributed by atoms with Crippen LogP contribution < -0.4 is 11.2 Å². The lowest BCUT2D eigenvalue weighted by molar-refractivity contribution is 0.0811. The summed E-state index contributed by atoms with van der Waals surface area (Å²) in [7, 11) is 0. The first-order valence-electron chi connectivity index (χ1n) is 8.48. The van der Waals surface area contributed by atoms with E-state index in [9.17, 15) is 9.59 Å². The summed E-state index contributed by atoms with van der Waals surface area (Å²) in [5.41, 5.74) is 1.03. The van der Waals surface area contributed by atoms with Gasteiger partial charge in [-0.05, 0) is 25.2 Å². The minimum Gasteiger partial charge on any atom is -0.361 e. The van der Waals surface area contributed by atoms with Crippen LogP contribution in [-0.4, -0.2) is 16.2 Å². The fourth-order valence-electron chi connectivity index (χ4n) is 3.43. The highest BCUT2D eigenvalue weighted by Crippen LogP contribution is 2.28.